The molecule has 6 nitrogen and oxygen atoms in total. The Balaban J connectivity index is 1.19. The topological polar surface area (TPSA) is 57.7 Å². The lowest BCUT2D eigenvalue weighted by atomic mass is 10.1. The van der Waals surface area contributed by atoms with Gasteiger partial charge in [-0.1, -0.05) is 42.5 Å². The van der Waals surface area contributed by atoms with E-state index >= 15 is 0 Å². The second-order valence-electron chi connectivity index (χ2n) is 8.39. The number of carbonyl (C=O) groups is 1. The maximum absolute atomic E-state index is 12.9. The highest BCUT2D eigenvalue weighted by molar-refractivity contribution is 7.13. The van der Waals surface area contributed by atoms with Crippen molar-refractivity contribution in [1.29, 1.82) is 0 Å². The van der Waals surface area contributed by atoms with Gasteiger partial charge in [-0.05, 0) is 53.8 Å². The number of piperazine rings is 1. The number of anilines is 2. The van der Waals surface area contributed by atoms with E-state index in [0.717, 1.165) is 56.2 Å². The zero-order valence-electron chi connectivity index (χ0n) is 19.2. The Hall–Kier alpha value is -3.42. The zero-order chi connectivity index (χ0) is 23.3. The molecule has 0 spiro atoms. The predicted molar refractivity (Wildman–Crippen MR) is 139 cm³/mol. The van der Waals surface area contributed by atoms with Crippen LogP contribution in [0.2, 0.25) is 0 Å². The standard InChI is InChI=1S/C27H28N4O2S/c1-33-24-12-6-3-9-21(24)27(32)28-23-11-5-2-8-20(23)14-15-30-16-18-31(19-17-30)26-22-10-4-7-13-25(22)34-29-26/h2-13H,14-19H2,1H3,(H,28,32). The fourth-order valence-corrected chi connectivity index (χ4v) is 5.24. The fourth-order valence-electron chi connectivity index (χ4n) is 4.44. The monoisotopic (exact) mass is 472 g/mol. The van der Waals surface area contributed by atoms with E-state index in [9.17, 15) is 4.79 Å². The Morgan fingerprint density at radius 2 is 1.71 bits per heavy atom. The van der Waals surface area contributed by atoms with E-state index < -0.39 is 0 Å². The lowest BCUT2D eigenvalue weighted by Gasteiger charge is -2.35. The predicted octanol–water partition coefficient (Wildman–Crippen LogP) is 4.92. The summed E-state index contributed by atoms with van der Waals surface area (Å²) < 4.78 is 11.3. The summed E-state index contributed by atoms with van der Waals surface area (Å²) in [7, 11) is 1.58. The summed E-state index contributed by atoms with van der Waals surface area (Å²) >= 11 is 1.58. The molecule has 0 unspecified atom stereocenters. The first-order valence-electron chi connectivity index (χ1n) is 11.6. The van der Waals surface area contributed by atoms with Crippen molar-refractivity contribution < 1.29 is 9.53 Å². The molecule has 0 bridgehead atoms. The SMILES string of the molecule is COc1ccccc1C(=O)Nc1ccccc1CCN1CCN(c2nsc3ccccc23)CC1. The van der Waals surface area contributed by atoms with Gasteiger partial charge in [-0.3, -0.25) is 9.69 Å². The summed E-state index contributed by atoms with van der Waals surface area (Å²) in [6.45, 7) is 4.90. The van der Waals surface area contributed by atoms with Crippen LogP contribution in [0.15, 0.2) is 72.8 Å². The number of para-hydroxylation sites is 2. The van der Waals surface area contributed by atoms with Crippen LogP contribution in [0, 0.1) is 0 Å². The molecule has 0 saturated carbocycles. The molecule has 5 rings (SSSR count). The van der Waals surface area contributed by atoms with E-state index in [2.05, 4.69) is 45.4 Å². The molecule has 34 heavy (non-hydrogen) atoms. The molecule has 1 aliphatic heterocycles. The summed E-state index contributed by atoms with van der Waals surface area (Å²) in [6.07, 6.45) is 0.877. The highest BCUT2D eigenvalue weighted by atomic mass is 32.1. The first kappa shape index (κ1) is 22.4. The van der Waals surface area contributed by atoms with E-state index in [1.165, 1.54) is 10.1 Å². The van der Waals surface area contributed by atoms with Gasteiger partial charge >= 0.3 is 0 Å². The first-order valence-corrected chi connectivity index (χ1v) is 12.3. The summed E-state index contributed by atoms with van der Waals surface area (Å²) in [4.78, 5) is 17.8. The Kier molecular flexibility index (Phi) is 6.74. The molecule has 1 fully saturated rings. The van der Waals surface area contributed by atoms with Crippen molar-refractivity contribution in [1.82, 2.24) is 9.27 Å². The van der Waals surface area contributed by atoms with Gasteiger partial charge in [0.25, 0.3) is 5.91 Å². The van der Waals surface area contributed by atoms with Crippen molar-refractivity contribution in [3.8, 4) is 5.75 Å². The van der Waals surface area contributed by atoms with Crippen LogP contribution in [-0.4, -0.2) is 55.0 Å². The number of nitrogens with one attached hydrogen (secondary N) is 1. The maximum atomic E-state index is 12.9. The van der Waals surface area contributed by atoms with Crippen molar-refractivity contribution in [3.05, 3.63) is 83.9 Å². The lowest BCUT2D eigenvalue weighted by molar-refractivity contribution is 0.102. The van der Waals surface area contributed by atoms with Crippen LogP contribution in [0.25, 0.3) is 10.1 Å². The van der Waals surface area contributed by atoms with Gasteiger partial charge < -0.3 is 15.0 Å². The Morgan fingerprint density at radius 1 is 0.971 bits per heavy atom. The fraction of sp³-hybridized carbons (Fsp3) is 0.259. The van der Waals surface area contributed by atoms with E-state index in [4.69, 9.17) is 9.11 Å². The highest BCUT2D eigenvalue weighted by Crippen LogP contribution is 2.30. The van der Waals surface area contributed by atoms with Crippen LogP contribution >= 0.6 is 11.5 Å². The highest BCUT2D eigenvalue weighted by Gasteiger charge is 2.21. The Morgan fingerprint density at radius 3 is 2.56 bits per heavy atom. The molecule has 1 saturated heterocycles. The molecule has 0 radical (unpaired) electrons. The zero-order valence-corrected chi connectivity index (χ0v) is 20.1. The number of hydrogen-bond donors (Lipinski definition) is 1. The molecule has 1 aromatic heterocycles. The Labute approximate surface area is 203 Å². The molecule has 0 atom stereocenters. The molecule has 4 aromatic rings. The van der Waals surface area contributed by atoms with Crippen molar-refractivity contribution in [2.24, 2.45) is 0 Å². The maximum Gasteiger partial charge on any atom is 0.259 e. The number of amides is 1. The Bertz CT molecular complexity index is 1280. The van der Waals surface area contributed by atoms with E-state index in [-0.39, 0.29) is 5.91 Å². The van der Waals surface area contributed by atoms with Gasteiger partial charge in [0.05, 0.1) is 17.4 Å². The number of carbonyl (C=O) groups excluding carboxylic acids is 1. The summed E-state index contributed by atoms with van der Waals surface area (Å²) in [5, 5.41) is 4.33. The minimum Gasteiger partial charge on any atom is -0.496 e. The summed E-state index contributed by atoms with van der Waals surface area (Å²) in [5.74, 6) is 1.53. The molecule has 1 N–H and O–H groups in total. The van der Waals surface area contributed by atoms with E-state index in [1.807, 2.05) is 30.3 Å². The summed E-state index contributed by atoms with van der Waals surface area (Å²) in [6, 6.07) is 23.8. The van der Waals surface area contributed by atoms with Crippen LogP contribution in [0.1, 0.15) is 15.9 Å². The van der Waals surface area contributed by atoms with Gasteiger partial charge in [0.15, 0.2) is 0 Å². The van der Waals surface area contributed by atoms with Crippen LogP contribution < -0.4 is 15.0 Å². The molecular weight excluding hydrogens is 444 g/mol. The van der Waals surface area contributed by atoms with Gasteiger partial charge in [-0.25, -0.2) is 0 Å². The largest absolute Gasteiger partial charge is 0.496 e. The van der Waals surface area contributed by atoms with Crippen molar-refractivity contribution in [2.45, 2.75) is 6.42 Å². The summed E-state index contributed by atoms with van der Waals surface area (Å²) in [5.41, 5.74) is 2.52. The number of hydrogen-bond acceptors (Lipinski definition) is 6. The van der Waals surface area contributed by atoms with Crippen molar-refractivity contribution >= 4 is 39.0 Å². The van der Waals surface area contributed by atoms with Crippen molar-refractivity contribution in [3.63, 3.8) is 0 Å². The average molecular weight is 473 g/mol. The van der Waals surface area contributed by atoms with Crippen LogP contribution in [0.4, 0.5) is 11.5 Å². The average Bonchev–Trinajstić information content (AvgIpc) is 3.32. The second-order valence-corrected chi connectivity index (χ2v) is 9.20. The molecule has 0 aliphatic carbocycles. The molecule has 3 aromatic carbocycles. The second kappa shape index (κ2) is 10.2. The molecule has 2 heterocycles. The number of aromatic nitrogens is 1. The molecule has 1 amide bonds. The van der Waals surface area contributed by atoms with E-state index in [0.29, 0.717) is 11.3 Å². The number of fused-ring (bicyclic) bond motifs is 1. The number of methoxy groups -OCH3 is 1. The van der Waals surface area contributed by atoms with Gasteiger partial charge in [-0.15, -0.1) is 0 Å². The van der Waals surface area contributed by atoms with Crippen LogP contribution in [0.5, 0.6) is 5.75 Å². The molecule has 1 aliphatic rings. The van der Waals surface area contributed by atoms with Gasteiger partial charge in [-0.2, -0.15) is 4.37 Å². The number of ether oxygens (including phenoxy) is 1. The van der Waals surface area contributed by atoms with Crippen LogP contribution in [-0.2, 0) is 6.42 Å². The third-order valence-corrected chi connectivity index (χ3v) is 7.16. The molecule has 174 valence electrons. The van der Waals surface area contributed by atoms with Gasteiger partial charge in [0.2, 0.25) is 0 Å². The van der Waals surface area contributed by atoms with Crippen LogP contribution in [0.3, 0.4) is 0 Å². The first-order chi connectivity index (χ1) is 16.7. The van der Waals surface area contributed by atoms with Gasteiger partial charge in [0, 0.05) is 43.8 Å². The quantitative estimate of drug-likeness (QED) is 0.414. The third kappa shape index (κ3) is 4.76. The number of rotatable bonds is 7. The van der Waals surface area contributed by atoms with E-state index in [1.54, 1.807) is 30.8 Å². The normalized spacial score (nSPS) is 14.3. The number of nitrogens with zero attached hydrogens (tertiary/aromatic N) is 3. The van der Waals surface area contributed by atoms with Crippen molar-refractivity contribution in [2.75, 3.05) is 50.1 Å². The molecule has 7 heteroatoms. The minimum atomic E-state index is -0.158. The molecular formula is C27H28N4O2S. The van der Waals surface area contributed by atoms with Gasteiger partial charge in [0.1, 0.15) is 11.6 Å². The lowest BCUT2D eigenvalue weighted by Crippen LogP contribution is -2.47. The third-order valence-electron chi connectivity index (χ3n) is 6.34. The number of benzene rings is 3. The minimum absolute atomic E-state index is 0.158. The smallest absolute Gasteiger partial charge is 0.259 e.